The molecule has 0 aliphatic carbocycles. The summed E-state index contributed by atoms with van der Waals surface area (Å²) in [6, 6.07) is 30.7. The lowest BCUT2D eigenvalue weighted by Gasteiger charge is -2.23. The number of pyridine rings is 4. The number of phenolic OH excluding ortho intramolecular Hbond substituents is 2. The van der Waals surface area contributed by atoms with Crippen LogP contribution in [-0.4, -0.2) is 36.4 Å². The van der Waals surface area contributed by atoms with Crippen LogP contribution in [0.1, 0.15) is 38.7 Å². The fraction of sp³-hybridized carbons (Fsp3) is 0.0682. The van der Waals surface area contributed by atoms with E-state index in [9.17, 15) is 15.0 Å². The van der Waals surface area contributed by atoms with Gasteiger partial charge in [-0.3, -0.25) is 14.8 Å². The molecule has 9 nitrogen and oxygen atoms in total. The number of carbonyl (C=O) groups is 1. The number of nitrogens with one attached hydrogen (secondary N) is 1. The molecule has 0 fully saturated rings. The van der Waals surface area contributed by atoms with Crippen LogP contribution >= 0.6 is 46.4 Å². The summed E-state index contributed by atoms with van der Waals surface area (Å²) in [5, 5.41) is 26.0. The Morgan fingerprint density at radius 3 is 1.90 bits per heavy atom. The van der Waals surface area contributed by atoms with Crippen molar-refractivity contribution in [2.45, 2.75) is 19.9 Å². The lowest BCUT2D eigenvalue weighted by atomic mass is 9.95. The molecule has 8 aromatic rings. The molecule has 0 amide bonds. The van der Waals surface area contributed by atoms with E-state index in [0.29, 0.717) is 43.8 Å². The number of para-hydroxylation sites is 1. The van der Waals surface area contributed by atoms with Crippen LogP contribution in [0.15, 0.2) is 134 Å². The second-order valence-electron chi connectivity index (χ2n) is 12.5. The quantitative estimate of drug-likeness (QED) is 0.0981. The predicted octanol–water partition coefficient (Wildman–Crippen LogP) is 12.0. The minimum absolute atomic E-state index is 0.0433. The average Bonchev–Trinajstić information content (AvgIpc) is 3.23. The zero-order valence-corrected chi connectivity index (χ0v) is 33.9. The Balaban J connectivity index is 0.000000178. The van der Waals surface area contributed by atoms with Crippen LogP contribution in [0.5, 0.6) is 11.5 Å². The molecule has 1 atom stereocenters. The van der Waals surface area contributed by atoms with Crippen LogP contribution in [0.3, 0.4) is 0 Å². The van der Waals surface area contributed by atoms with Gasteiger partial charge in [0.25, 0.3) is 0 Å². The largest absolute Gasteiger partial charge is 0.506 e. The summed E-state index contributed by atoms with van der Waals surface area (Å²) in [5.41, 5.74) is 9.74. The summed E-state index contributed by atoms with van der Waals surface area (Å²) in [5.74, 6) is 0.632. The van der Waals surface area contributed by atoms with Gasteiger partial charge >= 0.3 is 0 Å². The molecule has 0 aliphatic heterocycles. The molecule has 1 unspecified atom stereocenters. The summed E-state index contributed by atoms with van der Waals surface area (Å²) in [7, 11) is 0. The Hall–Kier alpha value is -6.04. The fourth-order valence-corrected chi connectivity index (χ4v) is 5.94. The molecule has 0 saturated heterocycles. The summed E-state index contributed by atoms with van der Waals surface area (Å²) < 4.78 is 15.0. The van der Waals surface area contributed by atoms with Crippen molar-refractivity contribution >= 4 is 86.1 Å². The molecule has 0 bridgehead atoms. The van der Waals surface area contributed by atoms with E-state index in [1.807, 2.05) is 56.3 Å². The summed E-state index contributed by atoms with van der Waals surface area (Å²) in [6.45, 7) is 3.90. The fourth-order valence-electron chi connectivity index (χ4n) is 5.32. The highest BCUT2D eigenvalue weighted by atomic mass is 35.5. The number of hydrogen-bond donors (Lipinski definition) is 4. The lowest BCUT2D eigenvalue weighted by molar-refractivity contribution is 0.112. The number of nitrogens with two attached hydrogens (primary N) is 1. The summed E-state index contributed by atoms with van der Waals surface area (Å²) in [4.78, 5) is 26.7. The maximum Gasteiger partial charge on any atom is 0.150 e. The van der Waals surface area contributed by atoms with Gasteiger partial charge in [0.2, 0.25) is 0 Å². The SMILES string of the molecule is Cc1ccc(N)nc1.Cc1ccc(NC(c2ccc(Cl)c(Cl)c2F)c2ccc3cccnc3c2O)nc1.O=Cc1ccc(Cl)c(Cl)c1.Oc1cccc2cccnc12. The van der Waals surface area contributed by atoms with Crippen molar-refractivity contribution in [3.05, 3.63) is 188 Å². The summed E-state index contributed by atoms with van der Waals surface area (Å²) in [6.07, 6.45) is 7.43. The minimum atomic E-state index is -0.772. The Morgan fingerprint density at radius 2 is 1.29 bits per heavy atom. The Morgan fingerprint density at radius 1 is 0.672 bits per heavy atom. The van der Waals surface area contributed by atoms with Crippen molar-refractivity contribution in [1.29, 1.82) is 0 Å². The van der Waals surface area contributed by atoms with Crippen LogP contribution in [-0.2, 0) is 0 Å². The number of aryl methyl sites for hydroxylation is 2. The predicted molar refractivity (Wildman–Crippen MR) is 233 cm³/mol. The normalized spacial score (nSPS) is 10.9. The number of aldehydes is 1. The molecule has 0 radical (unpaired) electrons. The highest BCUT2D eigenvalue weighted by Crippen LogP contribution is 2.39. The molecular weight excluding hydrogens is 821 g/mol. The number of nitrogens with zero attached hydrogens (tertiary/aromatic N) is 4. The third kappa shape index (κ3) is 11.3. The van der Waals surface area contributed by atoms with Gasteiger partial charge in [0, 0.05) is 52.3 Å². The van der Waals surface area contributed by atoms with Crippen molar-refractivity contribution < 1.29 is 19.4 Å². The van der Waals surface area contributed by atoms with Gasteiger partial charge in [-0.2, -0.15) is 0 Å². The molecular formula is C44H35Cl4FN6O3. The molecule has 14 heteroatoms. The van der Waals surface area contributed by atoms with E-state index in [1.54, 1.807) is 73.3 Å². The van der Waals surface area contributed by atoms with Gasteiger partial charge in [0.1, 0.15) is 46.3 Å². The van der Waals surface area contributed by atoms with Crippen LogP contribution in [0, 0.1) is 19.7 Å². The smallest absolute Gasteiger partial charge is 0.150 e. The van der Waals surface area contributed by atoms with Gasteiger partial charge in [0.05, 0.1) is 26.1 Å². The number of hydrogen-bond acceptors (Lipinski definition) is 9. The molecule has 0 spiro atoms. The molecule has 4 heterocycles. The van der Waals surface area contributed by atoms with Crippen LogP contribution < -0.4 is 11.1 Å². The molecule has 0 aliphatic rings. The number of benzene rings is 4. The highest BCUT2D eigenvalue weighted by Gasteiger charge is 2.25. The molecule has 0 saturated carbocycles. The van der Waals surface area contributed by atoms with E-state index in [-0.39, 0.29) is 27.1 Å². The number of halogens is 5. The second kappa shape index (κ2) is 20.4. The first kappa shape index (κ1) is 43.1. The third-order valence-electron chi connectivity index (χ3n) is 8.30. The zero-order valence-electron chi connectivity index (χ0n) is 30.9. The molecule has 4 aromatic carbocycles. The third-order valence-corrected chi connectivity index (χ3v) is 9.82. The van der Waals surface area contributed by atoms with Crippen molar-refractivity contribution in [1.82, 2.24) is 19.9 Å². The van der Waals surface area contributed by atoms with E-state index in [0.717, 1.165) is 28.2 Å². The molecule has 294 valence electrons. The van der Waals surface area contributed by atoms with Gasteiger partial charge in [-0.1, -0.05) is 107 Å². The minimum Gasteiger partial charge on any atom is -0.506 e. The number of aromatic hydroxyl groups is 2. The first-order chi connectivity index (χ1) is 27.9. The maximum atomic E-state index is 15.0. The van der Waals surface area contributed by atoms with E-state index >= 15 is 4.39 Å². The van der Waals surface area contributed by atoms with E-state index in [2.05, 4.69) is 25.3 Å². The van der Waals surface area contributed by atoms with Gasteiger partial charge in [-0.15, -0.1) is 0 Å². The van der Waals surface area contributed by atoms with Crippen molar-refractivity contribution in [3.63, 3.8) is 0 Å². The second-order valence-corrected chi connectivity index (χ2v) is 14.1. The van der Waals surface area contributed by atoms with E-state index in [1.165, 1.54) is 18.2 Å². The van der Waals surface area contributed by atoms with E-state index in [4.69, 9.17) is 52.1 Å². The first-order valence-corrected chi connectivity index (χ1v) is 18.9. The molecule has 4 aromatic heterocycles. The Labute approximate surface area is 353 Å². The number of rotatable bonds is 5. The van der Waals surface area contributed by atoms with Gasteiger partial charge in [-0.05, 0) is 73.5 Å². The first-order valence-electron chi connectivity index (χ1n) is 17.4. The van der Waals surface area contributed by atoms with Crippen molar-refractivity contribution in [2.75, 3.05) is 11.1 Å². The number of aromatic nitrogens is 4. The topological polar surface area (TPSA) is 147 Å². The molecule has 58 heavy (non-hydrogen) atoms. The average molecular weight is 857 g/mol. The monoisotopic (exact) mass is 854 g/mol. The lowest BCUT2D eigenvalue weighted by Crippen LogP contribution is -2.15. The summed E-state index contributed by atoms with van der Waals surface area (Å²) >= 11 is 23.2. The Bertz CT molecular complexity index is 2630. The number of fused-ring (bicyclic) bond motifs is 2. The van der Waals surface area contributed by atoms with Crippen molar-refractivity contribution in [3.8, 4) is 11.5 Å². The molecule has 8 rings (SSSR count). The number of carbonyl (C=O) groups excluding carboxylic acids is 1. The Kier molecular flexibility index (Phi) is 15.2. The zero-order chi connectivity index (χ0) is 41.8. The standard InChI is InChI=1S/C22H16Cl2FN3O.C9H7NO.C7H4Cl2O.C6H8N2/c1-12-4-9-17(27-11-12)28-21(14-7-8-16(23)18(24)19(14)25)15-6-5-13-3-2-10-26-20(13)22(15)29;11-8-5-1-3-7-4-2-6-10-9(7)8;8-6-2-1-5(4-10)3-7(6)9;1-5-2-3-6(7)8-4-5/h2-11,21,29H,1H3,(H,27,28);1-6,11H;1-4H;2-4H,1H3,(H2,7,8). The van der Waals surface area contributed by atoms with Gasteiger partial charge < -0.3 is 21.3 Å². The number of anilines is 2. The van der Waals surface area contributed by atoms with Crippen LogP contribution in [0.25, 0.3) is 21.8 Å². The van der Waals surface area contributed by atoms with E-state index < -0.39 is 11.9 Å². The van der Waals surface area contributed by atoms with Gasteiger partial charge in [-0.25, -0.2) is 14.4 Å². The van der Waals surface area contributed by atoms with Crippen molar-refractivity contribution in [2.24, 2.45) is 0 Å². The van der Waals surface area contributed by atoms with Crippen LogP contribution in [0.4, 0.5) is 16.0 Å². The number of nitrogen functional groups attached to an aromatic ring is 1. The van der Waals surface area contributed by atoms with Crippen LogP contribution in [0.2, 0.25) is 20.1 Å². The highest BCUT2D eigenvalue weighted by molar-refractivity contribution is 6.42. The number of phenols is 2. The maximum absolute atomic E-state index is 15.0. The molecule has 5 N–H and O–H groups in total. The van der Waals surface area contributed by atoms with Gasteiger partial charge in [0.15, 0.2) is 0 Å².